The molecule has 1 aromatic carbocycles. The number of sulfone groups is 1. The minimum Gasteiger partial charge on any atom is -0.346 e. The Labute approximate surface area is 133 Å². The first-order valence-electron chi connectivity index (χ1n) is 6.90. The summed E-state index contributed by atoms with van der Waals surface area (Å²) in [6.45, 7) is 1.78. The predicted molar refractivity (Wildman–Crippen MR) is 86.7 cm³/mol. The lowest BCUT2D eigenvalue weighted by Gasteiger charge is -2.24. The summed E-state index contributed by atoms with van der Waals surface area (Å²) in [6, 6.07) is 7.21. The lowest BCUT2D eigenvalue weighted by molar-refractivity contribution is 0.0915. The number of amides is 1. The van der Waals surface area contributed by atoms with Gasteiger partial charge < -0.3 is 5.32 Å². The van der Waals surface area contributed by atoms with Crippen molar-refractivity contribution in [2.24, 2.45) is 0 Å². The molecule has 116 valence electrons. The maximum Gasteiger partial charge on any atom is 0.251 e. The van der Waals surface area contributed by atoms with Crippen LogP contribution in [0.4, 0.5) is 0 Å². The Hall–Kier alpha value is -1.73. The van der Waals surface area contributed by atoms with E-state index in [1.165, 1.54) is 11.3 Å². The summed E-state index contributed by atoms with van der Waals surface area (Å²) in [5.74, 6) is -0.126. The molecule has 7 heteroatoms. The Morgan fingerprint density at radius 1 is 1.41 bits per heavy atom. The molecule has 1 fully saturated rings. The van der Waals surface area contributed by atoms with Crippen LogP contribution in [-0.4, -0.2) is 36.4 Å². The van der Waals surface area contributed by atoms with Gasteiger partial charge in [0.15, 0.2) is 9.84 Å². The molecule has 2 heterocycles. The zero-order chi connectivity index (χ0) is 15.8. The summed E-state index contributed by atoms with van der Waals surface area (Å²) in [7, 11) is -3.05. The van der Waals surface area contributed by atoms with Gasteiger partial charge in [-0.15, -0.1) is 11.3 Å². The molecule has 1 unspecified atom stereocenters. The number of nitrogens with one attached hydrogen (secondary N) is 1. The van der Waals surface area contributed by atoms with E-state index in [0.717, 1.165) is 10.6 Å². The third-order valence-electron chi connectivity index (χ3n) is 3.72. The highest BCUT2D eigenvalue weighted by molar-refractivity contribution is 7.91. The Kier molecular flexibility index (Phi) is 3.78. The first kappa shape index (κ1) is 15.2. The average molecular weight is 336 g/mol. The standard InChI is InChI=1S/C15H16N2O3S2/c1-15(5-8-22(19,20)10-15)17-13(18)11-3-2-4-12(9-11)14-16-6-7-21-14/h2-4,6-7,9H,5,8,10H2,1H3,(H,17,18). The highest BCUT2D eigenvalue weighted by Crippen LogP contribution is 2.25. The van der Waals surface area contributed by atoms with E-state index in [4.69, 9.17) is 0 Å². The molecule has 1 N–H and O–H groups in total. The van der Waals surface area contributed by atoms with Crippen molar-refractivity contribution >= 4 is 27.1 Å². The van der Waals surface area contributed by atoms with Gasteiger partial charge in [-0.1, -0.05) is 12.1 Å². The Bertz CT molecular complexity index is 800. The Balaban J connectivity index is 1.80. The molecular formula is C15H16N2O3S2. The van der Waals surface area contributed by atoms with E-state index < -0.39 is 15.4 Å². The van der Waals surface area contributed by atoms with Crippen LogP contribution in [-0.2, 0) is 9.84 Å². The number of hydrogen-bond acceptors (Lipinski definition) is 5. The summed E-state index contributed by atoms with van der Waals surface area (Å²) in [4.78, 5) is 16.6. The number of carbonyl (C=O) groups is 1. The summed E-state index contributed by atoms with van der Waals surface area (Å²) < 4.78 is 23.2. The summed E-state index contributed by atoms with van der Waals surface area (Å²) >= 11 is 1.51. The Morgan fingerprint density at radius 3 is 2.86 bits per heavy atom. The van der Waals surface area contributed by atoms with Crippen LogP contribution in [0.1, 0.15) is 23.7 Å². The molecule has 5 nitrogen and oxygen atoms in total. The lowest BCUT2D eigenvalue weighted by Crippen LogP contribution is -2.46. The number of nitrogens with zero attached hydrogens (tertiary/aromatic N) is 1. The molecule has 0 saturated carbocycles. The van der Waals surface area contributed by atoms with Gasteiger partial charge in [0.1, 0.15) is 5.01 Å². The van der Waals surface area contributed by atoms with Gasteiger partial charge in [0.2, 0.25) is 0 Å². The van der Waals surface area contributed by atoms with Crippen molar-refractivity contribution < 1.29 is 13.2 Å². The van der Waals surface area contributed by atoms with E-state index in [2.05, 4.69) is 10.3 Å². The molecule has 1 aliphatic rings. The zero-order valence-electron chi connectivity index (χ0n) is 12.1. The number of hydrogen-bond donors (Lipinski definition) is 1. The van der Waals surface area contributed by atoms with Gasteiger partial charge in [-0.2, -0.15) is 0 Å². The van der Waals surface area contributed by atoms with Gasteiger partial charge in [0, 0.05) is 22.7 Å². The van der Waals surface area contributed by atoms with Gasteiger partial charge >= 0.3 is 0 Å². The summed E-state index contributed by atoms with van der Waals surface area (Å²) in [6.07, 6.45) is 2.17. The quantitative estimate of drug-likeness (QED) is 0.931. The van der Waals surface area contributed by atoms with E-state index in [1.54, 1.807) is 31.3 Å². The van der Waals surface area contributed by atoms with Gasteiger partial charge in [0.05, 0.1) is 17.0 Å². The average Bonchev–Trinajstić information content (AvgIpc) is 3.07. The third kappa shape index (κ3) is 3.20. The SMILES string of the molecule is CC1(NC(=O)c2cccc(-c3nccs3)c2)CCS(=O)(=O)C1. The van der Waals surface area contributed by atoms with Crippen LogP contribution >= 0.6 is 11.3 Å². The van der Waals surface area contributed by atoms with Crippen molar-refractivity contribution in [1.29, 1.82) is 0 Å². The van der Waals surface area contributed by atoms with Crippen LogP contribution < -0.4 is 5.32 Å². The number of benzene rings is 1. The second-order valence-electron chi connectivity index (χ2n) is 5.77. The second kappa shape index (κ2) is 5.48. The van der Waals surface area contributed by atoms with Crippen LogP contribution in [0.2, 0.25) is 0 Å². The van der Waals surface area contributed by atoms with E-state index in [9.17, 15) is 13.2 Å². The monoisotopic (exact) mass is 336 g/mol. The Morgan fingerprint density at radius 2 is 2.23 bits per heavy atom. The van der Waals surface area contributed by atoms with Crippen LogP contribution in [0.15, 0.2) is 35.8 Å². The normalized spacial score (nSPS) is 23.3. The third-order valence-corrected chi connectivity index (χ3v) is 6.45. The maximum absolute atomic E-state index is 12.4. The van der Waals surface area contributed by atoms with Crippen LogP contribution in [0.5, 0.6) is 0 Å². The summed E-state index contributed by atoms with van der Waals surface area (Å²) in [5, 5.41) is 5.60. The minimum absolute atomic E-state index is 0.00207. The molecule has 0 bridgehead atoms. The first-order chi connectivity index (χ1) is 10.4. The van der Waals surface area contributed by atoms with Crippen LogP contribution in [0, 0.1) is 0 Å². The van der Waals surface area contributed by atoms with Crippen molar-refractivity contribution in [1.82, 2.24) is 10.3 Å². The zero-order valence-corrected chi connectivity index (χ0v) is 13.7. The smallest absolute Gasteiger partial charge is 0.251 e. The molecule has 1 amide bonds. The van der Waals surface area contributed by atoms with Gasteiger partial charge in [-0.05, 0) is 25.5 Å². The first-order valence-corrected chi connectivity index (χ1v) is 9.60. The van der Waals surface area contributed by atoms with Crippen molar-refractivity contribution in [3.63, 3.8) is 0 Å². The van der Waals surface area contributed by atoms with Crippen molar-refractivity contribution in [2.75, 3.05) is 11.5 Å². The molecule has 0 aliphatic carbocycles. The molecule has 3 rings (SSSR count). The fourth-order valence-corrected chi connectivity index (χ4v) is 5.34. The van der Waals surface area contributed by atoms with Gasteiger partial charge in [-0.3, -0.25) is 4.79 Å². The largest absolute Gasteiger partial charge is 0.346 e. The van der Waals surface area contributed by atoms with E-state index in [0.29, 0.717) is 12.0 Å². The molecule has 1 aromatic heterocycles. The molecule has 0 radical (unpaired) electrons. The predicted octanol–water partition coefficient (Wildman–Crippen LogP) is 2.12. The van der Waals surface area contributed by atoms with Crippen LogP contribution in [0.25, 0.3) is 10.6 Å². The number of rotatable bonds is 3. The van der Waals surface area contributed by atoms with Crippen molar-refractivity contribution in [3.8, 4) is 10.6 Å². The highest BCUT2D eigenvalue weighted by Gasteiger charge is 2.39. The fraction of sp³-hybridized carbons (Fsp3) is 0.333. The molecule has 22 heavy (non-hydrogen) atoms. The van der Waals surface area contributed by atoms with E-state index in [-0.39, 0.29) is 17.4 Å². The second-order valence-corrected chi connectivity index (χ2v) is 8.85. The molecule has 1 saturated heterocycles. The number of carbonyl (C=O) groups excluding carboxylic acids is 1. The minimum atomic E-state index is -3.05. The lowest BCUT2D eigenvalue weighted by atomic mass is 10.0. The molecule has 1 atom stereocenters. The van der Waals surface area contributed by atoms with Crippen molar-refractivity contribution in [2.45, 2.75) is 18.9 Å². The van der Waals surface area contributed by atoms with Gasteiger partial charge in [-0.25, -0.2) is 13.4 Å². The molecule has 2 aromatic rings. The number of aromatic nitrogens is 1. The fourth-order valence-electron chi connectivity index (χ4n) is 2.61. The molecule has 1 aliphatic heterocycles. The maximum atomic E-state index is 12.4. The number of thiazole rings is 1. The van der Waals surface area contributed by atoms with Gasteiger partial charge in [0.25, 0.3) is 5.91 Å². The van der Waals surface area contributed by atoms with Crippen LogP contribution in [0.3, 0.4) is 0 Å². The molecule has 0 spiro atoms. The molecular weight excluding hydrogens is 320 g/mol. The summed E-state index contributed by atoms with van der Waals surface area (Å²) in [5.41, 5.74) is 0.706. The topological polar surface area (TPSA) is 76.1 Å². The highest BCUT2D eigenvalue weighted by atomic mass is 32.2. The van der Waals surface area contributed by atoms with E-state index in [1.807, 2.05) is 11.4 Å². The van der Waals surface area contributed by atoms with Crippen molar-refractivity contribution in [3.05, 3.63) is 41.4 Å². The van der Waals surface area contributed by atoms with E-state index >= 15 is 0 Å².